The highest BCUT2D eigenvalue weighted by Gasteiger charge is 2.46. The minimum absolute atomic E-state index is 0.125. The second kappa shape index (κ2) is 11.5. The van der Waals surface area contributed by atoms with Crippen molar-refractivity contribution in [2.45, 2.75) is 32.7 Å². The lowest BCUT2D eigenvalue weighted by atomic mass is 9.95. The molecule has 0 aliphatic carbocycles. The number of aliphatic hydroxyl groups excluding tert-OH is 1. The molecule has 1 unspecified atom stereocenters. The zero-order valence-electron chi connectivity index (χ0n) is 20.5. The molecule has 4 rings (SSSR count). The van der Waals surface area contributed by atoms with Crippen LogP contribution >= 0.6 is 0 Å². The Morgan fingerprint density at radius 3 is 2.37 bits per heavy atom. The molecular weight excluding hydrogens is 444 g/mol. The van der Waals surface area contributed by atoms with Crippen molar-refractivity contribution >= 4 is 17.4 Å². The van der Waals surface area contributed by atoms with Crippen molar-refractivity contribution in [2.24, 2.45) is 0 Å². The topological polar surface area (TPSA) is 79.3 Å². The normalized spacial score (nSPS) is 20.4. The van der Waals surface area contributed by atoms with Crippen molar-refractivity contribution in [1.82, 2.24) is 9.80 Å². The predicted molar refractivity (Wildman–Crippen MR) is 134 cm³/mol. The van der Waals surface area contributed by atoms with Crippen molar-refractivity contribution in [3.05, 3.63) is 70.8 Å². The molecule has 2 aromatic rings. The summed E-state index contributed by atoms with van der Waals surface area (Å²) in [6.07, 6.45) is 2.02. The Hall–Kier alpha value is -3.16. The van der Waals surface area contributed by atoms with Crippen LogP contribution in [0, 0.1) is 6.92 Å². The van der Waals surface area contributed by atoms with E-state index in [9.17, 15) is 14.7 Å². The Bertz CT molecular complexity index is 1060. The Balaban J connectivity index is 1.67. The molecule has 1 atom stereocenters. The summed E-state index contributed by atoms with van der Waals surface area (Å²) in [6, 6.07) is 14.1. The highest BCUT2D eigenvalue weighted by molar-refractivity contribution is 6.46. The predicted octanol–water partition coefficient (Wildman–Crippen LogP) is 3.93. The van der Waals surface area contributed by atoms with Gasteiger partial charge in [-0.3, -0.25) is 14.5 Å². The van der Waals surface area contributed by atoms with Gasteiger partial charge >= 0.3 is 0 Å². The first-order chi connectivity index (χ1) is 17.0. The smallest absolute Gasteiger partial charge is 0.295 e. The molecule has 0 aromatic heterocycles. The van der Waals surface area contributed by atoms with Gasteiger partial charge in [0.2, 0.25) is 0 Å². The van der Waals surface area contributed by atoms with Crippen molar-refractivity contribution in [3.63, 3.8) is 0 Å². The summed E-state index contributed by atoms with van der Waals surface area (Å²) in [7, 11) is 0. The zero-order valence-corrected chi connectivity index (χ0v) is 20.5. The molecule has 2 aliphatic rings. The molecule has 1 amide bonds. The van der Waals surface area contributed by atoms with Crippen LogP contribution in [0.2, 0.25) is 0 Å². The van der Waals surface area contributed by atoms with E-state index in [4.69, 9.17) is 9.47 Å². The van der Waals surface area contributed by atoms with E-state index in [0.717, 1.165) is 42.8 Å². The molecule has 2 heterocycles. The Morgan fingerprint density at radius 1 is 1.03 bits per heavy atom. The van der Waals surface area contributed by atoms with Gasteiger partial charge < -0.3 is 19.5 Å². The van der Waals surface area contributed by atoms with E-state index in [-0.39, 0.29) is 11.3 Å². The second-order valence-corrected chi connectivity index (χ2v) is 9.08. The first-order valence-electron chi connectivity index (χ1n) is 12.4. The maximum Gasteiger partial charge on any atom is 0.295 e. The number of ether oxygens (including phenoxy) is 2. The molecule has 186 valence electrons. The van der Waals surface area contributed by atoms with Gasteiger partial charge in [-0.25, -0.2) is 0 Å². The number of aryl methyl sites for hydroxylation is 1. The van der Waals surface area contributed by atoms with E-state index in [2.05, 4.69) is 11.8 Å². The summed E-state index contributed by atoms with van der Waals surface area (Å²) >= 11 is 0. The highest BCUT2D eigenvalue weighted by Crippen LogP contribution is 2.39. The number of morpholine rings is 1. The molecular formula is C28H34N2O5. The minimum atomic E-state index is -0.665. The van der Waals surface area contributed by atoms with E-state index in [1.807, 2.05) is 43.3 Å². The molecule has 7 heteroatoms. The number of likely N-dealkylation sites (tertiary alicyclic amines) is 1. The standard InChI is InChI=1S/C28H34N2O5/c1-3-4-17-35-23-11-9-21(10-12-23)25-24(26(31)22-7-5-20(2)6-8-22)27(32)28(33)30(25)14-13-29-15-18-34-19-16-29/h5-12,25,31H,3-4,13-19H2,1-2H3/b26-24+. The summed E-state index contributed by atoms with van der Waals surface area (Å²) in [5.74, 6) is -0.644. The van der Waals surface area contributed by atoms with Crippen LogP contribution in [0.5, 0.6) is 5.75 Å². The first-order valence-corrected chi connectivity index (χ1v) is 12.4. The van der Waals surface area contributed by atoms with E-state index in [0.29, 0.717) is 38.5 Å². The third kappa shape index (κ3) is 5.74. The maximum absolute atomic E-state index is 13.2. The Labute approximate surface area is 206 Å². The third-order valence-electron chi connectivity index (χ3n) is 6.59. The van der Waals surface area contributed by atoms with Crippen LogP contribution in [-0.2, 0) is 14.3 Å². The molecule has 35 heavy (non-hydrogen) atoms. The van der Waals surface area contributed by atoms with Crippen molar-refractivity contribution < 1.29 is 24.2 Å². The number of nitrogens with zero attached hydrogens (tertiary/aromatic N) is 2. The lowest BCUT2D eigenvalue weighted by molar-refractivity contribution is -0.140. The van der Waals surface area contributed by atoms with Gasteiger partial charge in [-0.2, -0.15) is 0 Å². The Kier molecular flexibility index (Phi) is 8.21. The van der Waals surface area contributed by atoms with Crippen LogP contribution in [0.25, 0.3) is 5.76 Å². The van der Waals surface area contributed by atoms with Crippen molar-refractivity contribution in [2.75, 3.05) is 46.0 Å². The fraction of sp³-hybridized carbons (Fsp3) is 0.429. The van der Waals surface area contributed by atoms with Crippen molar-refractivity contribution in [1.29, 1.82) is 0 Å². The Morgan fingerprint density at radius 2 is 1.71 bits per heavy atom. The summed E-state index contributed by atoms with van der Waals surface area (Å²) in [5, 5.41) is 11.2. The molecule has 0 spiro atoms. The van der Waals surface area contributed by atoms with Crippen molar-refractivity contribution in [3.8, 4) is 5.75 Å². The number of hydrogen-bond donors (Lipinski definition) is 1. The number of benzene rings is 2. The van der Waals surface area contributed by atoms with E-state index in [1.165, 1.54) is 0 Å². The quantitative estimate of drug-likeness (QED) is 0.255. The number of carbonyl (C=O) groups is 2. The van der Waals surface area contributed by atoms with Gasteiger partial charge in [0.15, 0.2) is 0 Å². The van der Waals surface area contributed by atoms with Gasteiger partial charge in [-0.05, 0) is 31.0 Å². The second-order valence-electron chi connectivity index (χ2n) is 9.08. The SMILES string of the molecule is CCCCOc1ccc(C2/C(=C(\O)c3ccc(C)cc3)C(=O)C(=O)N2CCN2CCOCC2)cc1. The summed E-state index contributed by atoms with van der Waals surface area (Å²) in [6.45, 7) is 8.64. The number of amides is 1. The van der Waals surface area contributed by atoms with Gasteiger partial charge in [0.1, 0.15) is 11.5 Å². The summed E-state index contributed by atoms with van der Waals surface area (Å²) < 4.78 is 11.2. The molecule has 1 N–H and O–H groups in total. The van der Waals surface area contributed by atoms with E-state index < -0.39 is 17.7 Å². The van der Waals surface area contributed by atoms with Gasteiger partial charge in [0.25, 0.3) is 11.7 Å². The molecule has 2 aromatic carbocycles. The molecule has 2 aliphatic heterocycles. The zero-order chi connectivity index (χ0) is 24.8. The molecule has 7 nitrogen and oxygen atoms in total. The van der Waals surface area contributed by atoms with Gasteiger partial charge in [0, 0.05) is 31.7 Å². The first kappa shape index (κ1) is 24.9. The van der Waals surface area contributed by atoms with Gasteiger partial charge in [0.05, 0.1) is 31.4 Å². The number of hydrogen-bond acceptors (Lipinski definition) is 6. The molecule has 2 saturated heterocycles. The van der Waals surface area contributed by atoms with E-state index >= 15 is 0 Å². The monoisotopic (exact) mass is 478 g/mol. The van der Waals surface area contributed by atoms with E-state index in [1.54, 1.807) is 17.0 Å². The average molecular weight is 479 g/mol. The van der Waals surface area contributed by atoms with Crippen LogP contribution < -0.4 is 4.74 Å². The van der Waals surface area contributed by atoms with Crippen LogP contribution in [0.4, 0.5) is 0 Å². The maximum atomic E-state index is 13.2. The van der Waals surface area contributed by atoms with Crippen LogP contribution in [0.1, 0.15) is 42.5 Å². The number of unbranched alkanes of at least 4 members (excludes halogenated alkanes) is 1. The molecule has 2 fully saturated rings. The fourth-order valence-corrected chi connectivity index (χ4v) is 4.48. The highest BCUT2D eigenvalue weighted by atomic mass is 16.5. The number of carbonyl (C=O) groups excluding carboxylic acids is 2. The fourth-order valence-electron chi connectivity index (χ4n) is 4.48. The number of Topliss-reactive ketones (excluding diaryl/α,β-unsaturated/α-hetero) is 1. The molecule has 0 bridgehead atoms. The van der Waals surface area contributed by atoms with Crippen LogP contribution in [0.15, 0.2) is 54.1 Å². The molecule has 0 saturated carbocycles. The van der Waals surface area contributed by atoms with Crippen LogP contribution in [0.3, 0.4) is 0 Å². The lowest BCUT2D eigenvalue weighted by Crippen LogP contribution is -2.42. The van der Waals surface area contributed by atoms with Gasteiger partial charge in [-0.1, -0.05) is 55.3 Å². The minimum Gasteiger partial charge on any atom is -0.507 e. The third-order valence-corrected chi connectivity index (χ3v) is 6.59. The number of aliphatic hydroxyl groups is 1. The summed E-state index contributed by atoms with van der Waals surface area (Å²) in [4.78, 5) is 30.2. The largest absolute Gasteiger partial charge is 0.507 e. The summed E-state index contributed by atoms with van der Waals surface area (Å²) in [5.41, 5.74) is 2.46. The number of ketones is 1. The molecule has 0 radical (unpaired) electrons. The lowest BCUT2D eigenvalue weighted by Gasteiger charge is -2.31. The number of rotatable bonds is 9. The van der Waals surface area contributed by atoms with Gasteiger partial charge in [-0.15, -0.1) is 0 Å². The average Bonchev–Trinajstić information content (AvgIpc) is 3.13. The van der Waals surface area contributed by atoms with Crippen LogP contribution in [-0.4, -0.2) is 72.6 Å².